The first-order valence-corrected chi connectivity index (χ1v) is 3.10. The predicted molar refractivity (Wildman–Crippen MR) is 31.3 cm³/mol. The Balaban J connectivity index is 2.56. The molecule has 0 atom stereocenters. The van der Waals surface area contributed by atoms with Crippen LogP contribution in [0.4, 0.5) is 0 Å². The molecule has 0 aromatic heterocycles. The zero-order valence-electron chi connectivity index (χ0n) is 5.41. The zero-order chi connectivity index (χ0) is 7.83. The van der Waals surface area contributed by atoms with E-state index < -0.39 is 11.8 Å². The van der Waals surface area contributed by atoms with Crippen LogP contribution in [0.1, 0.15) is 19.3 Å². The Morgan fingerprint density at radius 2 is 1.30 bits per heavy atom. The molecular formula is C5H11NO4. The SMILES string of the molecule is OC1(O)CCCC(O)(O)N1. The first-order valence-electron chi connectivity index (χ1n) is 3.10. The molecule has 1 aliphatic heterocycles. The Bertz CT molecular complexity index is 120. The second-order valence-electron chi connectivity index (χ2n) is 2.61. The monoisotopic (exact) mass is 149 g/mol. The number of aliphatic hydroxyl groups is 4. The molecular weight excluding hydrogens is 138 g/mol. The highest BCUT2D eigenvalue weighted by Gasteiger charge is 2.38. The fourth-order valence-corrected chi connectivity index (χ4v) is 1.03. The third-order valence-corrected chi connectivity index (χ3v) is 1.45. The van der Waals surface area contributed by atoms with Crippen molar-refractivity contribution in [1.82, 2.24) is 5.32 Å². The van der Waals surface area contributed by atoms with Crippen molar-refractivity contribution in [3.63, 3.8) is 0 Å². The van der Waals surface area contributed by atoms with Gasteiger partial charge in [-0.05, 0) is 6.42 Å². The Morgan fingerprint density at radius 3 is 1.50 bits per heavy atom. The molecule has 0 bridgehead atoms. The third kappa shape index (κ3) is 1.89. The molecule has 5 N–H and O–H groups in total. The maximum absolute atomic E-state index is 8.83. The van der Waals surface area contributed by atoms with Gasteiger partial charge >= 0.3 is 0 Å². The molecule has 1 saturated heterocycles. The van der Waals surface area contributed by atoms with Crippen molar-refractivity contribution in [2.45, 2.75) is 31.1 Å². The molecule has 0 unspecified atom stereocenters. The molecule has 1 fully saturated rings. The van der Waals surface area contributed by atoms with Crippen LogP contribution >= 0.6 is 0 Å². The Morgan fingerprint density at radius 1 is 0.900 bits per heavy atom. The lowest BCUT2D eigenvalue weighted by atomic mass is 10.1. The average molecular weight is 149 g/mol. The molecule has 0 aromatic rings. The maximum atomic E-state index is 8.83. The summed E-state index contributed by atoms with van der Waals surface area (Å²) in [6, 6.07) is 0. The lowest BCUT2D eigenvalue weighted by Gasteiger charge is -2.36. The quantitative estimate of drug-likeness (QED) is 0.258. The van der Waals surface area contributed by atoms with E-state index in [1.54, 1.807) is 0 Å². The zero-order valence-corrected chi connectivity index (χ0v) is 5.41. The lowest BCUT2D eigenvalue weighted by Crippen LogP contribution is -2.61. The molecule has 0 aromatic carbocycles. The van der Waals surface area contributed by atoms with Crippen LogP contribution in [0.5, 0.6) is 0 Å². The second kappa shape index (κ2) is 2.14. The van der Waals surface area contributed by atoms with Crippen LogP contribution in [0.3, 0.4) is 0 Å². The highest BCUT2D eigenvalue weighted by atomic mass is 16.6. The maximum Gasteiger partial charge on any atom is 0.226 e. The molecule has 60 valence electrons. The van der Waals surface area contributed by atoms with Crippen LogP contribution in [-0.4, -0.2) is 32.2 Å². The van der Waals surface area contributed by atoms with E-state index in [1.165, 1.54) is 0 Å². The first kappa shape index (κ1) is 7.90. The first-order chi connectivity index (χ1) is 4.41. The molecule has 0 amide bonds. The van der Waals surface area contributed by atoms with Gasteiger partial charge in [0.2, 0.25) is 11.8 Å². The van der Waals surface area contributed by atoms with Crippen LogP contribution in [-0.2, 0) is 0 Å². The standard InChI is InChI=1S/C5H11NO4/c7-4(8)2-1-3-5(9,10)6-4/h6-10H,1-3H2. The van der Waals surface area contributed by atoms with Crippen LogP contribution in [0, 0.1) is 0 Å². The van der Waals surface area contributed by atoms with E-state index in [1.807, 2.05) is 5.32 Å². The summed E-state index contributed by atoms with van der Waals surface area (Å²) in [6.07, 6.45) is 0.582. The van der Waals surface area contributed by atoms with Crippen LogP contribution in [0.15, 0.2) is 0 Å². The molecule has 5 nitrogen and oxygen atoms in total. The molecule has 10 heavy (non-hydrogen) atoms. The topological polar surface area (TPSA) is 93.0 Å². The van der Waals surface area contributed by atoms with Gasteiger partial charge in [-0.1, -0.05) is 0 Å². The molecule has 5 heteroatoms. The van der Waals surface area contributed by atoms with E-state index in [-0.39, 0.29) is 12.8 Å². The average Bonchev–Trinajstić information content (AvgIpc) is 1.56. The Labute approximate surface area is 57.9 Å². The van der Waals surface area contributed by atoms with E-state index >= 15 is 0 Å². The van der Waals surface area contributed by atoms with Gasteiger partial charge in [-0.2, -0.15) is 0 Å². The third-order valence-electron chi connectivity index (χ3n) is 1.45. The van der Waals surface area contributed by atoms with E-state index in [0.717, 1.165) is 0 Å². The molecule has 0 radical (unpaired) electrons. The summed E-state index contributed by atoms with van der Waals surface area (Å²) >= 11 is 0. The van der Waals surface area contributed by atoms with E-state index in [4.69, 9.17) is 20.4 Å². The summed E-state index contributed by atoms with van der Waals surface area (Å²) in [7, 11) is 0. The van der Waals surface area contributed by atoms with Gasteiger partial charge in [-0.3, -0.25) is 0 Å². The van der Waals surface area contributed by atoms with Crippen molar-refractivity contribution in [3.8, 4) is 0 Å². The fraction of sp³-hybridized carbons (Fsp3) is 1.00. The smallest absolute Gasteiger partial charge is 0.226 e. The van der Waals surface area contributed by atoms with Crippen molar-refractivity contribution in [1.29, 1.82) is 0 Å². The number of nitrogens with one attached hydrogen (secondary N) is 1. The number of hydrogen-bond donors (Lipinski definition) is 5. The highest BCUT2D eigenvalue weighted by molar-refractivity contribution is 4.76. The van der Waals surface area contributed by atoms with Gasteiger partial charge in [0.15, 0.2) is 0 Å². The largest absolute Gasteiger partial charge is 0.353 e. The van der Waals surface area contributed by atoms with E-state index in [0.29, 0.717) is 6.42 Å². The van der Waals surface area contributed by atoms with E-state index in [9.17, 15) is 0 Å². The van der Waals surface area contributed by atoms with Gasteiger partial charge in [0, 0.05) is 12.8 Å². The molecule has 1 aliphatic rings. The Kier molecular flexibility index (Phi) is 1.69. The summed E-state index contributed by atoms with van der Waals surface area (Å²) < 4.78 is 0. The summed E-state index contributed by atoms with van der Waals surface area (Å²) in [5, 5.41) is 37.2. The summed E-state index contributed by atoms with van der Waals surface area (Å²) in [4.78, 5) is 0. The van der Waals surface area contributed by atoms with Gasteiger partial charge in [-0.15, -0.1) is 0 Å². The molecule has 0 saturated carbocycles. The van der Waals surface area contributed by atoms with Crippen LogP contribution < -0.4 is 5.32 Å². The van der Waals surface area contributed by atoms with Crippen LogP contribution in [0.2, 0.25) is 0 Å². The summed E-state index contributed by atoms with van der Waals surface area (Å²) in [5.41, 5.74) is 0. The van der Waals surface area contributed by atoms with Gasteiger partial charge in [0.1, 0.15) is 0 Å². The second-order valence-corrected chi connectivity index (χ2v) is 2.61. The van der Waals surface area contributed by atoms with Gasteiger partial charge in [0.05, 0.1) is 0 Å². The summed E-state index contributed by atoms with van der Waals surface area (Å²) in [5.74, 6) is -4.27. The van der Waals surface area contributed by atoms with Gasteiger partial charge in [-0.25, -0.2) is 5.32 Å². The van der Waals surface area contributed by atoms with Crippen molar-refractivity contribution >= 4 is 0 Å². The number of hydrogen-bond acceptors (Lipinski definition) is 5. The highest BCUT2D eigenvalue weighted by Crippen LogP contribution is 2.21. The molecule has 0 spiro atoms. The summed E-state index contributed by atoms with van der Waals surface area (Å²) in [6.45, 7) is 0. The predicted octanol–water partition coefficient (Wildman–Crippen LogP) is -1.96. The van der Waals surface area contributed by atoms with Crippen molar-refractivity contribution in [2.75, 3.05) is 0 Å². The Hall–Kier alpha value is -0.200. The van der Waals surface area contributed by atoms with Crippen molar-refractivity contribution in [3.05, 3.63) is 0 Å². The minimum atomic E-state index is -2.14. The van der Waals surface area contributed by atoms with E-state index in [2.05, 4.69) is 0 Å². The number of rotatable bonds is 0. The van der Waals surface area contributed by atoms with Crippen molar-refractivity contribution < 1.29 is 20.4 Å². The molecule has 1 heterocycles. The minimum absolute atomic E-state index is 0.107. The van der Waals surface area contributed by atoms with Gasteiger partial charge in [0.25, 0.3) is 0 Å². The fourth-order valence-electron chi connectivity index (χ4n) is 1.03. The minimum Gasteiger partial charge on any atom is -0.353 e. The van der Waals surface area contributed by atoms with Gasteiger partial charge < -0.3 is 20.4 Å². The molecule has 0 aliphatic carbocycles. The van der Waals surface area contributed by atoms with Crippen LogP contribution in [0.25, 0.3) is 0 Å². The number of piperidine rings is 1. The lowest BCUT2D eigenvalue weighted by molar-refractivity contribution is -0.309. The van der Waals surface area contributed by atoms with Crippen molar-refractivity contribution in [2.24, 2.45) is 0 Å². The molecule has 1 rings (SSSR count). The normalized spacial score (nSPS) is 30.0.